The zero-order chi connectivity index (χ0) is 9.80. The zero-order valence-electron chi connectivity index (χ0n) is 7.27. The molecule has 0 aliphatic carbocycles. The highest BCUT2D eigenvalue weighted by Crippen LogP contribution is 2.11. The maximum absolute atomic E-state index is 4.85. The monoisotopic (exact) mass is 204 g/mol. The van der Waals surface area contributed by atoms with E-state index in [-0.39, 0.29) is 0 Å². The number of H-pyrrole nitrogens is 1. The number of hydrogen-bond donors (Lipinski definition) is 2. The van der Waals surface area contributed by atoms with Gasteiger partial charge in [-0.05, 0) is 24.4 Å². The molecule has 0 radical (unpaired) electrons. The number of rotatable bonds is 2. The van der Waals surface area contributed by atoms with E-state index >= 15 is 0 Å². The Morgan fingerprint density at radius 3 is 2.71 bits per heavy atom. The normalized spacial score (nSPS) is 9.71. The van der Waals surface area contributed by atoms with Crippen LogP contribution in [-0.2, 0) is 0 Å². The fraction of sp³-hybridized carbons (Fsp3) is 0. The Morgan fingerprint density at radius 1 is 1.21 bits per heavy atom. The number of aromatic amines is 1. The van der Waals surface area contributed by atoms with E-state index in [1.807, 2.05) is 30.3 Å². The molecule has 0 amide bonds. The Labute approximate surface area is 86.0 Å². The average Bonchev–Trinajstić information content (AvgIpc) is 2.19. The summed E-state index contributed by atoms with van der Waals surface area (Å²) in [5, 5.41) is 9.48. The molecule has 0 saturated carbocycles. The van der Waals surface area contributed by atoms with Crippen LogP contribution in [0.3, 0.4) is 0 Å². The maximum Gasteiger partial charge on any atom is 0.215 e. The third-order valence-electron chi connectivity index (χ3n) is 1.62. The Kier molecular flexibility index (Phi) is 2.51. The Hall–Kier alpha value is -1.75. The molecule has 4 nitrogen and oxygen atoms in total. The topological polar surface area (TPSA) is 53.6 Å². The number of nitrogens with one attached hydrogen (secondary N) is 2. The first-order valence-electron chi connectivity index (χ1n) is 4.08. The molecule has 5 heteroatoms. The molecular formula is C9H8N4S. The lowest BCUT2D eigenvalue weighted by atomic mass is 10.3. The molecule has 0 aliphatic heterocycles. The van der Waals surface area contributed by atoms with E-state index in [0.717, 1.165) is 5.69 Å². The van der Waals surface area contributed by atoms with E-state index in [9.17, 15) is 0 Å². The minimum absolute atomic E-state index is 0.367. The molecule has 0 unspecified atom stereocenters. The number of hydrogen-bond acceptors (Lipinski definition) is 4. The van der Waals surface area contributed by atoms with Crippen LogP contribution in [0.2, 0.25) is 0 Å². The van der Waals surface area contributed by atoms with Gasteiger partial charge in [0.25, 0.3) is 0 Å². The molecule has 0 spiro atoms. The van der Waals surface area contributed by atoms with Crippen LogP contribution in [0, 0.1) is 4.77 Å². The van der Waals surface area contributed by atoms with Gasteiger partial charge in [-0.3, -0.25) is 5.10 Å². The SMILES string of the molecule is S=c1nc(Nc2ccccc2)cn[nH]1. The van der Waals surface area contributed by atoms with Crippen molar-refractivity contribution in [3.63, 3.8) is 0 Å². The van der Waals surface area contributed by atoms with Gasteiger partial charge in [-0.15, -0.1) is 0 Å². The minimum Gasteiger partial charge on any atom is -0.339 e. The predicted octanol–water partition coefficient (Wildman–Crippen LogP) is 2.28. The third-order valence-corrected chi connectivity index (χ3v) is 1.80. The fourth-order valence-electron chi connectivity index (χ4n) is 1.04. The van der Waals surface area contributed by atoms with Crippen molar-refractivity contribution in [3.05, 3.63) is 41.3 Å². The Bertz CT molecular complexity index is 465. The van der Waals surface area contributed by atoms with E-state index in [4.69, 9.17) is 12.2 Å². The number of aromatic nitrogens is 3. The first-order valence-corrected chi connectivity index (χ1v) is 4.49. The first kappa shape index (κ1) is 8.83. The summed E-state index contributed by atoms with van der Waals surface area (Å²) >= 11 is 4.85. The highest BCUT2D eigenvalue weighted by Gasteiger charge is 1.94. The molecule has 1 heterocycles. The van der Waals surface area contributed by atoms with Gasteiger partial charge in [0.15, 0.2) is 5.82 Å². The number of para-hydroxylation sites is 1. The second-order valence-corrected chi connectivity index (χ2v) is 3.05. The molecule has 0 bridgehead atoms. The van der Waals surface area contributed by atoms with Crippen LogP contribution in [0.1, 0.15) is 0 Å². The van der Waals surface area contributed by atoms with Crippen LogP contribution in [0.4, 0.5) is 11.5 Å². The van der Waals surface area contributed by atoms with Gasteiger partial charge in [-0.2, -0.15) is 10.1 Å². The van der Waals surface area contributed by atoms with Crippen molar-refractivity contribution in [2.75, 3.05) is 5.32 Å². The minimum atomic E-state index is 0.367. The smallest absolute Gasteiger partial charge is 0.215 e. The standard InChI is InChI=1S/C9H8N4S/c14-9-12-8(6-10-13-9)11-7-4-2-1-3-5-7/h1-6H,(H2,11,12,13,14). The molecule has 2 rings (SSSR count). The van der Waals surface area contributed by atoms with Crippen LogP contribution in [0.5, 0.6) is 0 Å². The van der Waals surface area contributed by atoms with Crippen LogP contribution >= 0.6 is 12.2 Å². The predicted molar refractivity (Wildman–Crippen MR) is 56.9 cm³/mol. The zero-order valence-corrected chi connectivity index (χ0v) is 8.08. The van der Waals surface area contributed by atoms with Gasteiger partial charge in [0.1, 0.15) is 0 Å². The van der Waals surface area contributed by atoms with Crippen molar-refractivity contribution in [2.45, 2.75) is 0 Å². The summed E-state index contributed by atoms with van der Waals surface area (Å²) in [4.78, 5) is 4.05. The van der Waals surface area contributed by atoms with Crippen molar-refractivity contribution >= 4 is 23.7 Å². The van der Waals surface area contributed by atoms with E-state index in [2.05, 4.69) is 20.5 Å². The average molecular weight is 204 g/mol. The quantitative estimate of drug-likeness (QED) is 0.737. The highest BCUT2D eigenvalue weighted by atomic mass is 32.1. The van der Waals surface area contributed by atoms with Crippen LogP contribution < -0.4 is 5.32 Å². The summed E-state index contributed by atoms with van der Waals surface area (Å²) in [7, 11) is 0. The van der Waals surface area contributed by atoms with Crippen molar-refractivity contribution in [3.8, 4) is 0 Å². The van der Waals surface area contributed by atoms with E-state index < -0.39 is 0 Å². The van der Waals surface area contributed by atoms with Crippen molar-refractivity contribution < 1.29 is 0 Å². The van der Waals surface area contributed by atoms with Crippen LogP contribution in [0.15, 0.2) is 36.5 Å². The summed E-state index contributed by atoms with van der Waals surface area (Å²) in [6.45, 7) is 0. The van der Waals surface area contributed by atoms with E-state index in [1.54, 1.807) is 6.20 Å². The first-order chi connectivity index (χ1) is 6.84. The third kappa shape index (κ3) is 2.14. The lowest BCUT2D eigenvalue weighted by molar-refractivity contribution is 0.953. The fourth-order valence-corrected chi connectivity index (χ4v) is 1.19. The van der Waals surface area contributed by atoms with Gasteiger partial charge in [-0.25, -0.2) is 0 Å². The molecule has 1 aromatic carbocycles. The molecule has 2 aromatic rings. The lowest BCUT2D eigenvalue weighted by Crippen LogP contribution is -1.95. The molecular weight excluding hydrogens is 196 g/mol. The summed E-state index contributed by atoms with van der Waals surface area (Å²) in [6, 6.07) is 9.73. The van der Waals surface area contributed by atoms with Gasteiger partial charge in [-0.1, -0.05) is 18.2 Å². The lowest BCUT2D eigenvalue weighted by Gasteiger charge is -2.02. The largest absolute Gasteiger partial charge is 0.339 e. The summed E-state index contributed by atoms with van der Waals surface area (Å²) in [5.74, 6) is 0.639. The number of anilines is 2. The number of benzene rings is 1. The molecule has 1 aromatic heterocycles. The molecule has 0 aliphatic rings. The van der Waals surface area contributed by atoms with Crippen molar-refractivity contribution in [2.24, 2.45) is 0 Å². The van der Waals surface area contributed by atoms with Crippen molar-refractivity contribution in [1.82, 2.24) is 15.2 Å². The van der Waals surface area contributed by atoms with Gasteiger partial charge in [0, 0.05) is 5.69 Å². The Balaban J connectivity index is 2.24. The maximum atomic E-state index is 4.85. The highest BCUT2D eigenvalue weighted by molar-refractivity contribution is 7.71. The molecule has 14 heavy (non-hydrogen) atoms. The molecule has 0 saturated heterocycles. The summed E-state index contributed by atoms with van der Waals surface area (Å²) in [5.41, 5.74) is 0.961. The van der Waals surface area contributed by atoms with Gasteiger partial charge in [0.2, 0.25) is 4.77 Å². The Morgan fingerprint density at radius 2 is 2.00 bits per heavy atom. The van der Waals surface area contributed by atoms with E-state index in [0.29, 0.717) is 10.6 Å². The molecule has 70 valence electrons. The van der Waals surface area contributed by atoms with Crippen molar-refractivity contribution in [1.29, 1.82) is 0 Å². The summed E-state index contributed by atoms with van der Waals surface area (Å²) in [6.07, 6.45) is 1.59. The van der Waals surface area contributed by atoms with Gasteiger partial charge in [0.05, 0.1) is 6.20 Å². The van der Waals surface area contributed by atoms with Gasteiger partial charge < -0.3 is 5.32 Å². The molecule has 0 fully saturated rings. The number of nitrogens with zero attached hydrogens (tertiary/aromatic N) is 2. The van der Waals surface area contributed by atoms with Gasteiger partial charge >= 0.3 is 0 Å². The second-order valence-electron chi connectivity index (χ2n) is 2.66. The van der Waals surface area contributed by atoms with Crippen LogP contribution in [-0.4, -0.2) is 15.2 Å². The summed E-state index contributed by atoms with van der Waals surface area (Å²) < 4.78 is 0.367. The van der Waals surface area contributed by atoms with Crippen LogP contribution in [0.25, 0.3) is 0 Å². The van der Waals surface area contributed by atoms with E-state index in [1.165, 1.54) is 0 Å². The molecule has 2 N–H and O–H groups in total. The molecule has 0 atom stereocenters. The second kappa shape index (κ2) is 3.97.